The molecule has 7 atom stereocenters. The summed E-state index contributed by atoms with van der Waals surface area (Å²) in [5, 5.41) is 20.4. The number of hydrogen-bond acceptors (Lipinski definition) is 4. The van der Waals surface area contributed by atoms with Gasteiger partial charge < -0.3 is 14.9 Å². The van der Waals surface area contributed by atoms with Crippen molar-refractivity contribution in [3.05, 3.63) is 22.8 Å². The average molecular weight is 330 g/mol. The molecule has 4 aliphatic carbocycles. The van der Waals surface area contributed by atoms with Gasteiger partial charge in [0.15, 0.2) is 0 Å². The van der Waals surface area contributed by atoms with E-state index in [1.807, 2.05) is 6.08 Å². The highest BCUT2D eigenvalue weighted by molar-refractivity contribution is 5.93. The Morgan fingerprint density at radius 2 is 2.08 bits per heavy atom. The first-order valence-electron chi connectivity index (χ1n) is 9.33. The molecule has 3 fully saturated rings. The Hall–Kier alpha value is -1.13. The van der Waals surface area contributed by atoms with Gasteiger partial charge in [0, 0.05) is 5.57 Å². The standard InChI is InChI=1S/C20H26O4/c1-19-4-3-10-8-20(10,2)17(19)7-15(22)12-5-11-13(9-21)18(23)24-16(11)6-14(12)19/h5,10,14-17,21-22H,3-4,6-9H2,1-2H3. The predicted molar refractivity (Wildman–Crippen MR) is 87.9 cm³/mol. The number of carbonyl (C=O) groups is 1. The molecule has 0 aromatic carbocycles. The molecule has 5 rings (SSSR count). The number of ether oxygens (including phenoxy) is 1. The summed E-state index contributed by atoms with van der Waals surface area (Å²) < 4.78 is 5.54. The summed E-state index contributed by atoms with van der Waals surface area (Å²) in [5.74, 6) is 1.30. The van der Waals surface area contributed by atoms with Crippen molar-refractivity contribution in [1.82, 2.24) is 0 Å². The minimum absolute atomic E-state index is 0.187. The molecule has 0 saturated heterocycles. The Labute approximate surface area is 142 Å². The molecule has 2 N–H and O–H groups in total. The minimum atomic E-state index is -0.423. The number of aliphatic hydroxyl groups is 2. The molecule has 1 aliphatic heterocycles. The van der Waals surface area contributed by atoms with Gasteiger partial charge in [-0.25, -0.2) is 4.79 Å². The lowest BCUT2D eigenvalue weighted by molar-refractivity contribution is -0.142. The van der Waals surface area contributed by atoms with E-state index in [2.05, 4.69) is 13.8 Å². The van der Waals surface area contributed by atoms with E-state index in [-0.39, 0.29) is 30.0 Å². The quantitative estimate of drug-likeness (QED) is 0.724. The second-order valence-corrected chi connectivity index (χ2v) is 9.17. The number of fused-ring (bicyclic) bond motifs is 6. The number of hydrogen-bond donors (Lipinski definition) is 2. The molecule has 24 heavy (non-hydrogen) atoms. The first-order chi connectivity index (χ1) is 11.4. The fourth-order valence-corrected chi connectivity index (χ4v) is 6.75. The van der Waals surface area contributed by atoms with Crippen molar-refractivity contribution in [2.75, 3.05) is 6.61 Å². The fourth-order valence-electron chi connectivity index (χ4n) is 6.75. The van der Waals surface area contributed by atoms with Crippen LogP contribution in [0.5, 0.6) is 0 Å². The maximum atomic E-state index is 12.0. The van der Waals surface area contributed by atoms with E-state index in [0.29, 0.717) is 16.9 Å². The monoisotopic (exact) mass is 330 g/mol. The Bertz CT molecular complexity index is 692. The fraction of sp³-hybridized carbons (Fsp3) is 0.750. The van der Waals surface area contributed by atoms with Crippen LogP contribution in [0.2, 0.25) is 0 Å². The number of carbonyl (C=O) groups excluding carboxylic acids is 1. The zero-order valence-electron chi connectivity index (χ0n) is 14.4. The predicted octanol–water partition coefficient (Wildman–Crippen LogP) is 2.35. The summed E-state index contributed by atoms with van der Waals surface area (Å²) in [5.41, 5.74) is 2.85. The molecule has 3 saturated carbocycles. The number of aliphatic hydroxyl groups excluding tert-OH is 2. The van der Waals surface area contributed by atoms with Crippen LogP contribution in [0.3, 0.4) is 0 Å². The highest BCUT2D eigenvalue weighted by Gasteiger charge is 2.67. The lowest BCUT2D eigenvalue weighted by atomic mass is 9.48. The lowest BCUT2D eigenvalue weighted by Crippen LogP contribution is -2.52. The van der Waals surface area contributed by atoms with E-state index in [4.69, 9.17) is 4.74 Å². The summed E-state index contributed by atoms with van der Waals surface area (Å²) in [6, 6.07) is 0. The van der Waals surface area contributed by atoms with Crippen LogP contribution in [0, 0.1) is 28.6 Å². The van der Waals surface area contributed by atoms with Crippen LogP contribution in [0.25, 0.3) is 0 Å². The van der Waals surface area contributed by atoms with Crippen LogP contribution in [0.1, 0.15) is 46.0 Å². The molecule has 0 bridgehead atoms. The van der Waals surface area contributed by atoms with Crippen LogP contribution < -0.4 is 0 Å². The van der Waals surface area contributed by atoms with E-state index in [1.165, 1.54) is 19.3 Å². The third kappa shape index (κ3) is 1.69. The summed E-state index contributed by atoms with van der Waals surface area (Å²) in [4.78, 5) is 12.0. The molecule has 0 amide bonds. The smallest absolute Gasteiger partial charge is 0.337 e. The van der Waals surface area contributed by atoms with Crippen LogP contribution in [0.4, 0.5) is 0 Å². The molecule has 1 heterocycles. The Kier molecular flexibility index (Phi) is 2.86. The van der Waals surface area contributed by atoms with Gasteiger partial charge in [-0.05, 0) is 66.3 Å². The molecule has 5 aliphatic rings. The van der Waals surface area contributed by atoms with Crippen LogP contribution in [-0.2, 0) is 9.53 Å². The van der Waals surface area contributed by atoms with E-state index < -0.39 is 6.10 Å². The van der Waals surface area contributed by atoms with Gasteiger partial charge in [0.1, 0.15) is 6.10 Å². The Balaban J connectivity index is 1.59. The Morgan fingerprint density at radius 1 is 1.29 bits per heavy atom. The zero-order chi connectivity index (χ0) is 16.9. The third-order valence-electron chi connectivity index (χ3n) is 8.25. The summed E-state index contributed by atoms with van der Waals surface area (Å²) in [6.45, 7) is 4.53. The van der Waals surface area contributed by atoms with Crippen molar-refractivity contribution < 1.29 is 19.7 Å². The van der Waals surface area contributed by atoms with Gasteiger partial charge in [0.05, 0.1) is 18.3 Å². The molecule has 0 aromatic heterocycles. The van der Waals surface area contributed by atoms with Crippen LogP contribution in [-0.4, -0.2) is 35.0 Å². The summed E-state index contributed by atoms with van der Waals surface area (Å²) in [6.07, 6.45) is 6.74. The largest absolute Gasteiger partial charge is 0.454 e. The maximum absolute atomic E-state index is 12.0. The van der Waals surface area contributed by atoms with Crippen molar-refractivity contribution in [3.8, 4) is 0 Å². The van der Waals surface area contributed by atoms with Gasteiger partial charge in [-0.1, -0.05) is 19.9 Å². The number of rotatable bonds is 1. The van der Waals surface area contributed by atoms with Crippen LogP contribution >= 0.6 is 0 Å². The molecule has 4 nitrogen and oxygen atoms in total. The summed E-state index contributed by atoms with van der Waals surface area (Å²) >= 11 is 0. The minimum Gasteiger partial charge on any atom is -0.454 e. The van der Waals surface area contributed by atoms with Gasteiger partial charge >= 0.3 is 5.97 Å². The molecule has 130 valence electrons. The van der Waals surface area contributed by atoms with E-state index in [0.717, 1.165) is 29.9 Å². The van der Waals surface area contributed by atoms with E-state index >= 15 is 0 Å². The van der Waals surface area contributed by atoms with E-state index in [9.17, 15) is 15.0 Å². The highest BCUT2D eigenvalue weighted by atomic mass is 16.5. The van der Waals surface area contributed by atoms with Crippen molar-refractivity contribution in [2.24, 2.45) is 28.6 Å². The van der Waals surface area contributed by atoms with E-state index in [1.54, 1.807) is 0 Å². The van der Waals surface area contributed by atoms with Gasteiger partial charge in [-0.3, -0.25) is 0 Å². The number of esters is 1. The van der Waals surface area contributed by atoms with Gasteiger partial charge in [-0.15, -0.1) is 0 Å². The van der Waals surface area contributed by atoms with Crippen LogP contribution in [0.15, 0.2) is 22.8 Å². The average Bonchev–Trinajstić information content (AvgIpc) is 3.12. The topological polar surface area (TPSA) is 66.8 Å². The Morgan fingerprint density at radius 3 is 2.83 bits per heavy atom. The van der Waals surface area contributed by atoms with Crippen molar-refractivity contribution in [1.29, 1.82) is 0 Å². The second-order valence-electron chi connectivity index (χ2n) is 9.17. The van der Waals surface area contributed by atoms with Crippen molar-refractivity contribution >= 4 is 5.97 Å². The zero-order valence-corrected chi connectivity index (χ0v) is 14.4. The van der Waals surface area contributed by atoms with Crippen molar-refractivity contribution in [3.63, 3.8) is 0 Å². The SMILES string of the molecule is CC12CC1CCC1(C)C3CC4OC(=O)C(CO)=C4C=C3C(O)CC21. The third-order valence-corrected chi connectivity index (χ3v) is 8.25. The molecular weight excluding hydrogens is 304 g/mol. The lowest BCUT2D eigenvalue weighted by Gasteiger charge is -2.57. The van der Waals surface area contributed by atoms with Gasteiger partial charge in [0.25, 0.3) is 0 Å². The molecule has 0 spiro atoms. The van der Waals surface area contributed by atoms with Gasteiger partial charge in [-0.2, -0.15) is 0 Å². The molecular formula is C20H26O4. The molecule has 0 radical (unpaired) electrons. The molecule has 4 heteroatoms. The first-order valence-corrected chi connectivity index (χ1v) is 9.33. The normalized spacial score (nSPS) is 51.9. The maximum Gasteiger partial charge on any atom is 0.337 e. The highest BCUT2D eigenvalue weighted by Crippen LogP contribution is 2.73. The second kappa shape index (κ2) is 4.53. The van der Waals surface area contributed by atoms with Crippen molar-refractivity contribution in [2.45, 2.75) is 58.2 Å². The molecule has 0 aromatic rings. The summed E-state index contributed by atoms with van der Waals surface area (Å²) in [7, 11) is 0. The van der Waals surface area contributed by atoms with Gasteiger partial charge in [0.2, 0.25) is 0 Å². The first kappa shape index (κ1) is 15.2. The molecule has 7 unspecified atom stereocenters.